The Morgan fingerprint density at radius 2 is 2.06 bits per heavy atom. The summed E-state index contributed by atoms with van der Waals surface area (Å²) < 4.78 is 29.3. The molecule has 2 rings (SSSR count). The molecule has 0 saturated carbocycles. The average Bonchev–Trinajstić information content (AvgIpc) is 2.63. The highest BCUT2D eigenvalue weighted by Crippen LogP contribution is 2.30. The Kier molecular flexibility index (Phi) is 3.70. The highest BCUT2D eigenvalue weighted by Gasteiger charge is 2.21. The molecule has 0 spiro atoms. The third-order valence-corrected chi connectivity index (χ3v) is 3.51. The van der Waals surface area contributed by atoms with Crippen LogP contribution in [-0.4, -0.2) is 9.78 Å². The predicted octanol–water partition coefficient (Wildman–Crippen LogP) is 3.16. The van der Waals surface area contributed by atoms with Gasteiger partial charge in [-0.1, -0.05) is 11.6 Å². The van der Waals surface area contributed by atoms with Crippen molar-refractivity contribution in [1.82, 2.24) is 9.78 Å². The molecule has 18 heavy (non-hydrogen) atoms. The van der Waals surface area contributed by atoms with Crippen LogP contribution in [0.5, 0.6) is 0 Å². The van der Waals surface area contributed by atoms with Crippen molar-refractivity contribution in [1.29, 1.82) is 0 Å². The second-order valence-electron chi connectivity index (χ2n) is 3.77. The monoisotopic (exact) mass is 335 g/mol. The van der Waals surface area contributed by atoms with E-state index in [4.69, 9.17) is 17.3 Å². The zero-order chi connectivity index (χ0) is 13.4. The second kappa shape index (κ2) is 4.95. The van der Waals surface area contributed by atoms with Crippen LogP contribution in [0.25, 0.3) is 0 Å². The summed E-state index contributed by atoms with van der Waals surface area (Å²) in [6.45, 7) is 0. The van der Waals surface area contributed by atoms with Gasteiger partial charge in [0.1, 0.15) is 11.6 Å². The van der Waals surface area contributed by atoms with Crippen molar-refractivity contribution in [2.45, 2.75) is 6.04 Å². The van der Waals surface area contributed by atoms with Gasteiger partial charge in [0.2, 0.25) is 0 Å². The molecule has 0 saturated heterocycles. The summed E-state index contributed by atoms with van der Waals surface area (Å²) in [7, 11) is 1.67. The molecule has 2 aromatic rings. The largest absolute Gasteiger partial charge is 0.319 e. The van der Waals surface area contributed by atoms with Gasteiger partial charge in [0, 0.05) is 12.6 Å². The van der Waals surface area contributed by atoms with Crippen LogP contribution in [0.2, 0.25) is 5.02 Å². The Bertz CT molecular complexity index is 581. The molecule has 0 bridgehead atoms. The van der Waals surface area contributed by atoms with Crippen LogP contribution in [0.4, 0.5) is 8.78 Å². The number of aromatic nitrogens is 2. The minimum absolute atomic E-state index is 0.0289. The summed E-state index contributed by atoms with van der Waals surface area (Å²) in [5.74, 6) is -1.36. The van der Waals surface area contributed by atoms with Crippen molar-refractivity contribution in [2.24, 2.45) is 12.8 Å². The predicted molar refractivity (Wildman–Crippen MR) is 68.3 cm³/mol. The average molecular weight is 337 g/mol. The summed E-state index contributed by atoms with van der Waals surface area (Å²) in [5.41, 5.74) is 6.52. The van der Waals surface area contributed by atoms with E-state index in [0.29, 0.717) is 10.2 Å². The van der Waals surface area contributed by atoms with Gasteiger partial charge in [0.25, 0.3) is 0 Å². The molecular formula is C11H9BrClF2N3. The maximum absolute atomic E-state index is 13.8. The SMILES string of the molecule is Cn1ncc(Br)c1C(N)c1cc(F)c(Cl)cc1F. The lowest BCUT2D eigenvalue weighted by atomic mass is 10.0. The van der Waals surface area contributed by atoms with Crippen LogP contribution in [0.15, 0.2) is 22.8 Å². The van der Waals surface area contributed by atoms with E-state index >= 15 is 0 Å². The van der Waals surface area contributed by atoms with Crippen LogP contribution in [0.3, 0.4) is 0 Å². The number of hydrogen-bond donors (Lipinski definition) is 1. The number of aryl methyl sites for hydroxylation is 1. The summed E-state index contributed by atoms with van der Waals surface area (Å²) in [5, 5.41) is 3.71. The fourth-order valence-corrected chi connectivity index (χ4v) is 2.44. The Labute approximate surface area is 116 Å². The van der Waals surface area contributed by atoms with Crippen LogP contribution in [0.1, 0.15) is 17.3 Å². The Morgan fingerprint density at radius 3 is 2.61 bits per heavy atom. The molecule has 0 amide bonds. The second-order valence-corrected chi connectivity index (χ2v) is 5.03. The summed E-state index contributed by atoms with van der Waals surface area (Å²) >= 11 is 8.76. The number of nitrogens with two attached hydrogens (primary N) is 1. The van der Waals surface area contributed by atoms with Crippen molar-refractivity contribution in [3.8, 4) is 0 Å². The molecule has 2 N–H and O–H groups in total. The quantitative estimate of drug-likeness (QED) is 0.856. The molecule has 1 heterocycles. The first-order chi connectivity index (χ1) is 8.41. The van der Waals surface area contributed by atoms with Gasteiger partial charge in [-0.25, -0.2) is 8.78 Å². The van der Waals surface area contributed by atoms with Gasteiger partial charge in [-0.05, 0) is 28.1 Å². The normalized spacial score (nSPS) is 12.8. The highest BCUT2D eigenvalue weighted by molar-refractivity contribution is 9.10. The fraction of sp³-hybridized carbons (Fsp3) is 0.182. The van der Waals surface area contributed by atoms with Gasteiger partial charge in [-0.15, -0.1) is 0 Å². The third-order valence-electron chi connectivity index (χ3n) is 2.61. The van der Waals surface area contributed by atoms with E-state index in [-0.39, 0.29) is 10.6 Å². The van der Waals surface area contributed by atoms with E-state index in [9.17, 15) is 8.78 Å². The van der Waals surface area contributed by atoms with Crippen LogP contribution in [-0.2, 0) is 7.05 Å². The first-order valence-electron chi connectivity index (χ1n) is 4.99. The zero-order valence-electron chi connectivity index (χ0n) is 9.29. The van der Waals surface area contributed by atoms with Crippen LogP contribution in [0, 0.1) is 11.6 Å². The van der Waals surface area contributed by atoms with Gasteiger partial charge in [-0.2, -0.15) is 5.10 Å². The first kappa shape index (κ1) is 13.5. The molecule has 0 aliphatic rings. The molecule has 0 aliphatic heterocycles. The number of benzene rings is 1. The Hall–Kier alpha value is -0.980. The molecule has 0 radical (unpaired) electrons. The molecule has 1 atom stereocenters. The maximum atomic E-state index is 13.8. The smallest absolute Gasteiger partial charge is 0.142 e. The van der Waals surface area contributed by atoms with Gasteiger partial charge in [-0.3, -0.25) is 4.68 Å². The van der Waals surface area contributed by atoms with Crippen molar-refractivity contribution >= 4 is 27.5 Å². The highest BCUT2D eigenvalue weighted by atomic mass is 79.9. The molecule has 0 aliphatic carbocycles. The molecule has 0 fully saturated rings. The zero-order valence-corrected chi connectivity index (χ0v) is 11.6. The lowest BCUT2D eigenvalue weighted by Gasteiger charge is -2.14. The van der Waals surface area contributed by atoms with E-state index in [2.05, 4.69) is 21.0 Å². The maximum Gasteiger partial charge on any atom is 0.142 e. The molecule has 3 nitrogen and oxygen atoms in total. The Morgan fingerprint density at radius 1 is 1.39 bits per heavy atom. The van der Waals surface area contributed by atoms with Gasteiger partial charge in [0.05, 0.1) is 27.4 Å². The lowest BCUT2D eigenvalue weighted by molar-refractivity contribution is 0.567. The van der Waals surface area contributed by atoms with Crippen molar-refractivity contribution in [3.05, 3.63) is 50.7 Å². The van der Waals surface area contributed by atoms with Gasteiger partial charge in [0.15, 0.2) is 0 Å². The fourth-order valence-electron chi connectivity index (χ4n) is 1.69. The molecule has 7 heteroatoms. The van der Waals surface area contributed by atoms with E-state index < -0.39 is 17.7 Å². The number of nitrogens with zero attached hydrogens (tertiary/aromatic N) is 2. The van der Waals surface area contributed by atoms with Crippen molar-refractivity contribution < 1.29 is 8.78 Å². The molecule has 1 unspecified atom stereocenters. The number of halogens is 4. The van der Waals surface area contributed by atoms with Crippen LogP contribution >= 0.6 is 27.5 Å². The van der Waals surface area contributed by atoms with E-state index in [1.165, 1.54) is 4.68 Å². The van der Waals surface area contributed by atoms with Gasteiger partial charge < -0.3 is 5.73 Å². The number of hydrogen-bond acceptors (Lipinski definition) is 2. The minimum atomic E-state index is -0.835. The summed E-state index contributed by atoms with van der Waals surface area (Å²) in [4.78, 5) is 0. The molecule has 1 aromatic carbocycles. The van der Waals surface area contributed by atoms with E-state index in [1.807, 2.05) is 0 Å². The number of rotatable bonds is 2. The van der Waals surface area contributed by atoms with Crippen molar-refractivity contribution in [3.63, 3.8) is 0 Å². The van der Waals surface area contributed by atoms with E-state index in [0.717, 1.165) is 12.1 Å². The minimum Gasteiger partial charge on any atom is -0.319 e. The molecule has 96 valence electrons. The standard InChI is InChI=1S/C11H9BrClF2N3/c1-18-11(6(12)4-17-18)10(16)5-2-9(15)7(13)3-8(5)14/h2-4,10H,16H2,1H3. The van der Waals surface area contributed by atoms with E-state index in [1.54, 1.807) is 13.2 Å². The lowest BCUT2D eigenvalue weighted by Crippen LogP contribution is -2.18. The van der Waals surface area contributed by atoms with Gasteiger partial charge >= 0.3 is 0 Å². The Balaban J connectivity index is 2.53. The van der Waals surface area contributed by atoms with Crippen LogP contribution < -0.4 is 5.73 Å². The molecular weight excluding hydrogens is 327 g/mol. The topological polar surface area (TPSA) is 43.8 Å². The first-order valence-corrected chi connectivity index (χ1v) is 6.16. The van der Waals surface area contributed by atoms with Crippen molar-refractivity contribution in [2.75, 3.05) is 0 Å². The summed E-state index contributed by atoms with van der Waals surface area (Å²) in [6, 6.07) is 1.08. The third kappa shape index (κ3) is 2.28. The summed E-state index contributed by atoms with van der Waals surface area (Å²) in [6.07, 6.45) is 1.54. The molecule has 1 aromatic heterocycles.